The standard InChI is InChI=1S/C23H28N10O12P2/c1-40-13-9-3-41-46(36,37)44-14-12(32-6-28-10-17(24)26-5-27-18(10)32)8-2-23(8,16(14)34)4-42-47(38,39)45-15(13)21(43-9)33-7-29-11-19(33)30-22(25)31-20(11)35/h5-9,12-16,21,34H,2-4H2,1H3,(H,36,37)(H,38,39)(H2,24,26,27)(H3,25,30,31,35)/t8-,9-,12-,13-,14+,15-,16+,21-,23?/m1/s1. The van der Waals surface area contributed by atoms with Gasteiger partial charge in [-0.15, -0.1) is 0 Å². The number of phosphoric acid groups is 2. The van der Waals surface area contributed by atoms with Crippen molar-refractivity contribution in [2.45, 2.75) is 49.2 Å². The summed E-state index contributed by atoms with van der Waals surface area (Å²) in [5.74, 6) is -0.633. The molecular weight excluding hydrogens is 670 g/mol. The van der Waals surface area contributed by atoms with E-state index < -0.39 is 88.5 Å². The average molecular weight is 698 g/mol. The van der Waals surface area contributed by atoms with Crippen molar-refractivity contribution < 1.29 is 51.6 Å². The Balaban J connectivity index is 1.17. The highest BCUT2D eigenvalue weighted by Crippen LogP contribution is 2.71. The summed E-state index contributed by atoms with van der Waals surface area (Å²) in [7, 11) is -8.66. The number of aliphatic hydroxyl groups is 1. The van der Waals surface area contributed by atoms with E-state index in [9.17, 15) is 28.8 Å². The SMILES string of the molecule is CO[C@H]1[C@H]2OP(=O)(O)OCC34C[C@@H]3[C@@H](n3cnc5c(N)ncnc53)[C@H](OP(=O)(O)OC[C@H]1O[C@H]2n1cnc2c(=O)[nH]c(N)nc21)[C@@H]4O. The summed E-state index contributed by atoms with van der Waals surface area (Å²) in [6.45, 7) is -1.16. The number of H-pyrrole nitrogens is 1. The lowest BCUT2D eigenvalue weighted by Gasteiger charge is -2.31. The molecule has 22 nitrogen and oxygen atoms in total. The number of nitrogens with one attached hydrogen (secondary N) is 1. The minimum Gasteiger partial charge on any atom is -0.390 e. The van der Waals surface area contributed by atoms with Crippen LogP contribution in [0.15, 0.2) is 23.8 Å². The zero-order valence-electron chi connectivity index (χ0n) is 24.2. The molecule has 24 heteroatoms. The Morgan fingerprint density at radius 2 is 1.74 bits per heavy atom. The molecule has 0 aromatic carbocycles. The molecule has 2 saturated carbocycles. The smallest absolute Gasteiger partial charge is 0.390 e. The largest absolute Gasteiger partial charge is 0.472 e. The van der Waals surface area contributed by atoms with E-state index >= 15 is 0 Å². The second-order valence-corrected chi connectivity index (χ2v) is 14.6. The number of aromatic nitrogens is 8. The third-order valence-corrected chi connectivity index (χ3v) is 11.2. The molecule has 4 aliphatic rings. The Morgan fingerprint density at radius 1 is 1.02 bits per heavy atom. The fourth-order valence-electron chi connectivity index (χ4n) is 7.04. The highest BCUT2D eigenvalue weighted by atomic mass is 31.2. The van der Waals surface area contributed by atoms with Crippen molar-refractivity contribution in [2.75, 3.05) is 31.8 Å². The average Bonchev–Trinajstić information content (AvgIpc) is 3.29. The summed E-state index contributed by atoms with van der Waals surface area (Å²) in [4.78, 5) is 57.2. The highest BCUT2D eigenvalue weighted by molar-refractivity contribution is 7.47. The minimum atomic E-state index is -4.96. The van der Waals surface area contributed by atoms with E-state index in [2.05, 4.69) is 29.9 Å². The van der Waals surface area contributed by atoms with E-state index in [0.29, 0.717) is 0 Å². The zero-order valence-corrected chi connectivity index (χ0v) is 26.0. The van der Waals surface area contributed by atoms with Crippen LogP contribution < -0.4 is 17.0 Å². The van der Waals surface area contributed by atoms with Crippen LogP contribution in [0.4, 0.5) is 11.8 Å². The summed E-state index contributed by atoms with van der Waals surface area (Å²) < 4.78 is 63.5. The van der Waals surface area contributed by atoms with Crippen LogP contribution in [-0.4, -0.2) is 105 Å². The van der Waals surface area contributed by atoms with Crippen LogP contribution in [0.2, 0.25) is 0 Å². The van der Waals surface area contributed by atoms with Crippen LogP contribution in [0.5, 0.6) is 0 Å². The van der Waals surface area contributed by atoms with E-state index in [0.717, 1.165) is 0 Å². The number of nitrogen functional groups attached to an aromatic ring is 2. The molecule has 3 unspecified atom stereocenters. The van der Waals surface area contributed by atoms with Gasteiger partial charge in [0.2, 0.25) is 5.95 Å². The molecule has 4 bridgehead atoms. The molecule has 2 aliphatic heterocycles. The summed E-state index contributed by atoms with van der Waals surface area (Å²) in [5.41, 5.74) is 10.2. The lowest BCUT2D eigenvalue weighted by atomic mass is 10.0. The first-order chi connectivity index (χ1) is 22.3. The number of aliphatic hydroxyl groups excluding tert-OH is 1. The normalized spacial score (nSPS) is 40.4. The lowest BCUT2D eigenvalue weighted by molar-refractivity contribution is -0.0619. The summed E-state index contributed by atoms with van der Waals surface area (Å²) >= 11 is 0. The molecule has 0 radical (unpaired) electrons. The number of aromatic amines is 1. The molecule has 4 aromatic rings. The molecule has 0 amide bonds. The Morgan fingerprint density at radius 3 is 2.53 bits per heavy atom. The van der Waals surface area contributed by atoms with Crippen molar-refractivity contribution in [3.8, 4) is 0 Å². The maximum Gasteiger partial charge on any atom is 0.472 e. The predicted molar refractivity (Wildman–Crippen MR) is 154 cm³/mol. The summed E-state index contributed by atoms with van der Waals surface area (Å²) in [6.07, 6.45) is -4.01. The number of methoxy groups -OCH3 is 1. The van der Waals surface area contributed by atoms with E-state index in [1.807, 2.05) is 0 Å². The van der Waals surface area contributed by atoms with E-state index in [1.54, 1.807) is 4.57 Å². The van der Waals surface area contributed by atoms with Gasteiger partial charge in [-0.05, 0) is 12.3 Å². The molecule has 47 heavy (non-hydrogen) atoms. The molecule has 1 spiro atoms. The Labute approximate surface area is 262 Å². The van der Waals surface area contributed by atoms with Crippen molar-refractivity contribution in [1.82, 2.24) is 39.0 Å². The number of phosphoric ester groups is 2. The number of fused-ring (bicyclic) bond motifs is 5. The van der Waals surface area contributed by atoms with Gasteiger partial charge in [0.25, 0.3) is 5.56 Å². The number of ether oxygens (including phenoxy) is 2. The molecule has 8 N–H and O–H groups in total. The maximum absolute atomic E-state index is 13.5. The quantitative estimate of drug-likeness (QED) is 0.139. The van der Waals surface area contributed by atoms with Gasteiger partial charge in [0.1, 0.15) is 36.3 Å². The lowest BCUT2D eigenvalue weighted by Crippen LogP contribution is -2.39. The van der Waals surface area contributed by atoms with Gasteiger partial charge in [0, 0.05) is 12.5 Å². The first-order valence-corrected chi connectivity index (χ1v) is 17.1. The Kier molecular flexibility index (Phi) is 6.94. The van der Waals surface area contributed by atoms with Gasteiger partial charge in [-0.1, -0.05) is 0 Å². The molecule has 2 saturated heterocycles. The zero-order chi connectivity index (χ0) is 33.0. The minimum absolute atomic E-state index is 0.0470. The number of nitrogens with two attached hydrogens (primary N) is 2. The molecule has 6 heterocycles. The van der Waals surface area contributed by atoms with Crippen LogP contribution in [0.3, 0.4) is 0 Å². The van der Waals surface area contributed by atoms with E-state index in [4.69, 9.17) is 39.0 Å². The number of rotatable bonds is 3. The molecule has 8 rings (SSSR count). The monoisotopic (exact) mass is 698 g/mol. The molecule has 4 aromatic heterocycles. The Hall–Kier alpha value is -3.40. The molecule has 2 aliphatic carbocycles. The fraction of sp³-hybridized carbons (Fsp3) is 0.565. The van der Waals surface area contributed by atoms with Crippen molar-refractivity contribution in [3.05, 3.63) is 29.3 Å². The topological polar surface area (TPSA) is 309 Å². The maximum atomic E-state index is 13.5. The van der Waals surface area contributed by atoms with Crippen LogP contribution in [-0.2, 0) is 36.7 Å². The van der Waals surface area contributed by atoms with Crippen LogP contribution in [0, 0.1) is 11.3 Å². The second-order valence-electron chi connectivity index (χ2n) is 11.7. The van der Waals surface area contributed by atoms with E-state index in [-0.39, 0.29) is 40.5 Å². The van der Waals surface area contributed by atoms with E-state index in [1.165, 1.54) is 30.7 Å². The van der Waals surface area contributed by atoms with Gasteiger partial charge < -0.3 is 40.4 Å². The van der Waals surface area contributed by atoms with Gasteiger partial charge in [0.15, 0.2) is 28.9 Å². The van der Waals surface area contributed by atoms with Crippen LogP contribution in [0.25, 0.3) is 22.3 Å². The van der Waals surface area contributed by atoms with Gasteiger partial charge >= 0.3 is 15.6 Å². The highest BCUT2D eigenvalue weighted by Gasteiger charge is 2.73. The predicted octanol–water partition coefficient (Wildman–Crippen LogP) is -1.02. The van der Waals surface area contributed by atoms with Crippen LogP contribution in [0.1, 0.15) is 18.7 Å². The van der Waals surface area contributed by atoms with Crippen molar-refractivity contribution >= 4 is 49.7 Å². The molecule has 11 atom stereocenters. The van der Waals surface area contributed by atoms with Gasteiger partial charge in [-0.25, -0.2) is 29.1 Å². The van der Waals surface area contributed by atoms with Crippen molar-refractivity contribution in [3.63, 3.8) is 0 Å². The number of nitrogens with zero attached hydrogens (tertiary/aromatic N) is 7. The van der Waals surface area contributed by atoms with Crippen LogP contribution >= 0.6 is 15.6 Å². The van der Waals surface area contributed by atoms with Crippen molar-refractivity contribution in [2.24, 2.45) is 11.3 Å². The first kappa shape index (κ1) is 30.9. The fourth-order valence-corrected chi connectivity index (χ4v) is 8.98. The second kappa shape index (κ2) is 10.5. The van der Waals surface area contributed by atoms with Crippen molar-refractivity contribution in [1.29, 1.82) is 0 Å². The molecule has 252 valence electrons. The summed E-state index contributed by atoms with van der Waals surface area (Å²) in [5, 5.41) is 11.5. The number of anilines is 2. The Bertz CT molecular complexity index is 2060. The summed E-state index contributed by atoms with van der Waals surface area (Å²) in [6, 6.07) is -0.845. The third kappa shape index (κ3) is 4.83. The third-order valence-electron chi connectivity index (χ3n) is 9.23. The number of hydrogen-bond donors (Lipinski definition) is 6. The number of hydrogen-bond acceptors (Lipinski definition) is 17. The first-order valence-electron chi connectivity index (χ1n) is 14.2. The number of imidazole rings is 2. The van der Waals surface area contributed by atoms with Gasteiger partial charge in [0.05, 0.1) is 38.0 Å². The van der Waals surface area contributed by atoms with Gasteiger partial charge in [-0.3, -0.25) is 32.4 Å². The van der Waals surface area contributed by atoms with Gasteiger partial charge in [-0.2, -0.15) is 4.98 Å². The molecular formula is C23H28N10O12P2. The molecule has 4 fully saturated rings.